The molecule has 6 nitrogen and oxygen atoms in total. The van der Waals surface area contributed by atoms with Crippen molar-refractivity contribution in [1.29, 1.82) is 0 Å². The van der Waals surface area contributed by atoms with Gasteiger partial charge in [-0.1, -0.05) is 6.07 Å². The summed E-state index contributed by atoms with van der Waals surface area (Å²) in [5, 5.41) is 0. The van der Waals surface area contributed by atoms with Crippen LogP contribution in [0.15, 0.2) is 48.8 Å². The van der Waals surface area contributed by atoms with E-state index in [1.807, 2.05) is 30.3 Å². The van der Waals surface area contributed by atoms with E-state index in [2.05, 4.69) is 4.98 Å². The molecule has 0 radical (unpaired) electrons. The molecule has 128 valence electrons. The maximum atomic E-state index is 12.4. The number of hydrogen-bond donors (Lipinski definition) is 0. The zero-order valence-electron chi connectivity index (χ0n) is 13.6. The molecule has 6 heteroatoms. The third-order valence-corrected chi connectivity index (χ3v) is 4.22. The number of ether oxygens (including phenoxy) is 3. The predicted molar refractivity (Wildman–Crippen MR) is 91.4 cm³/mol. The molecule has 25 heavy (non-hydrogen) atoms. The average molecular weight is 338 g/mol. The van der Waals surface area contributed by atoms with E-state index < -0.39 is 0 Å². The van der Waals surface area contributed by atoms with E-state index in [0.29, 0.717) is 18.8 Å². The molecule has 1 unspecified atom stereocenters. The summed E-state index contributed by atoms with van der Waals surface area (Å²) < 4.78 is 16.5. The summed E-state index contributed by atoms with van der Waals surface area (Å²) in [6, 6.07) is 9.26. The normalized spacial score (nSPS) is 18.7. The molecule has 1 aromatic carbocycles. The summed E-state index contributed by atoms with van der Waals surface area (Å²) in [4.78, 5) is 18.1. The van der Waals surface area contributed by atoms with Crippen molar-refractivity contribution in [2.45, 2.75) is 12.5 Å². The van der Waals surface area contributed by atoms with Gasteiger partial charge in [-0.25, -0.2) is 0 Å². The second kappa shape index (κ2) is 6.84. The average Bonchev–Trinajstić information content (AvgIpc) is 3.29. The highest BCUT2D eigenvalue weighted by molar-refractivity contribution is 5.92. The van der Waals surface area contributed by atoms with Gasteiger partial charge in [-0.05, 0) is 35.9 Å². The quantitative estimate of drug-likeness (QED) is 0.802. The number of benzene rings is 1. The van der Waals surface area contributed by atoms with Crippen molar-refractivity contribution < 1.29 is 19.0 Å². The molecule has 2 aliphatic rings. The van der Waals surface area contributed by atoms with E-state index in [0.717, 1.165) is 23.5 Å². The van der Waals surface area contributed by atoms with Crippen LogP contribution in [-0.4, -0.2) is 41.8 Å². The molecular weight excluding hydrogens is 320 g/mol. The fourth-order valence-corrected chi connectivity index (χ4v) is 2.92. The van der Waals surface area contributed by atoms with Gasteiger partial charge in [0.25, 0.3) is 0 Å². The van der Waals surface area contributed by atoms with Gasteiger partial charge in [0, 0.05) is 31.4 Å². The van der Waals surface area contributed by atoms with Crippen LogP contribution in [0.25, 0.3) is 6.08 Å². The molecule has 2 aromatic rings. The number of rotatable bonds is 4. The molecule has 1 atom stereocenters. The lowest BCUT2D eigenvalue weighted by atomic mass is 10.2. The van der Waals surface area contributed by atoms with Crippen LogP contribution in [0.3, 0.4) is 0 Å². The van der Waals surface area contributed by atoms with Gasteiger partial charge in [-0.15, -0.1) is 0 Å². The van der Waals surface area contributed by atoms with Crippen LogP contribution in [-0.2, 0) is 4.79 Å². The van der Waals surface area contributed by atoms with Crippen LogP contribution in [0, 0.1) is 0 Å². The summed E-state index contributed by atoms with van der Waals surface area (Å²) in [6.07, 6.45) is 7.62. The number of amides is 1. The van der Waals surface area contributed by atoms with Gasteiger partial charge in [0.1, 0.15) is 11.9 Å². The molecule has 3 heterocycles. The molecule has 1 saturated heterocycles. The molecule has 0 N–H and O–H groups in total. The Morgan fingerprint density at radius 1 is 1.20 bits per heavy atom. The van der Waals surface area contributed by atoms with Crippen molar-refractivity contribution in [1.82, 2.24) is 9.88 Å². The van der Waals surface area contributed by atoms with Gasteiger partial charge < -0.3 is 19.1 Å². The zero-order chi connectivity index (χ0) is 17.1. The number of fused-ring (bicyclic) bond motifs is 1. The Kier molecular flexibility index (Phi) is 4.24. The second-order valence-corrected chi connectivity index (χ2v) is 5.94. The predicted octanol–water partition coefficient (Wildman–Crippen LogP) is 2.50. The number of likely N-dealkylation sites (tertiary alicyclic amines) is 1. The molecule has 1 aromatic heterocycles. The van der Waals surface area contributed by atoms with Crippen molar-refractivity contribution >= 4 is 12.0 Å². The largest absolute Gasteiger partial charge is 0.488 e. The van der Waals surface area contributed by atoms with E-state index >= 15 is 0 Å². The minimum absolute atomic E-state index is 0.0153. The van der Waals surface area contributed by atoms with Gasteiger partial charge in [0.15, 0.2) is 11.5 Å². The first kappa shape index (κ1) is 15.5. The molecule has 0 bridgehead atoms. The zero-order valence-corrected chi connectivity index (χ0v) is 13.6. The van der Waals surface area contributed by atoms with Gasteiger partial charge in [-0.2, -0.15) is 0 Å². The van der Waals surface area contributed by atoms with Crippen molar-refractivity contribution in [3.63, 3.8) is 0 Å². The van der Waals surface area contributed by atoms with Crippen LogP contribution >= 0.6 is 0 Å². The first-order valence-corrected chi connectivity index (χ1v) is 8.21. The molecule has 1 amide bonds. The summed E-state index contributed by atoms with van der Waals surface area (Å²) in [5.41, 5.74) is 0.904. The fourth-order valence-electron chi connectivity index (χ4n) is 2.92. The van der Waals surface area contributed by atoms with Gasteiger partial charge in [0.05, 0.1) is 6.54 Å². The van der Waals surface area contributed by atoms with E-state index in [4.69, 9.17) is 14.2 Å². The first-order chi connectivity index (χ1) is 12.3. The number of nitrogens with zero attached hydrogens (tertiary/aromatic N) is 2. The van der Waals surface area contributed by atoms with Gasteiger partial charge in [-0.3, -0.25) is 9.78 Å². The highest BCUT2D eigenvalue weighted by Crippen LogP contribution is 2.32. The Bertz CT molecular complexity index is 791. The molecular formula is C19H18N2O4. The topological polar surface area (TPSA) is 60.9 Å². The lowest BCUT2D eigenvalue weighted by molar-refractivity contribution is -0.125. The Hall–Kier alpha value is -3.02. The molecule has 4 rings (SSSR count). The summed E-state index contributed by atoms with van der Waals surface area (Å²) >= 11 is 0. The number of carbonyl (C=O) groups is 1. The SMILES string of the molecule is O=C(C=Cc1ccc2c(c1)OCO2)N1CCC(Oc2ccncc2)C1. The van der Waals surface area contributed by atoms with Crippen LogP contribution in [0.1, 0.15) is 12.0 Å². The van der Waals surface area contributed by atoms with E-state index in [1.54, 1.807) is 29.4 Å². The van der Waals surface area contributed by atoms with Gasteiger partial charge in [0.2, 0.25) is 12.7 Å². The Balaban J connectivity index is 1.34. The van der Waals surface area contributed by atoms with Crippen LogP contribution < -0.4 is 14.2 Å². The number of hydrogen-bond acceptors (Lipinski definition) is 5. The van der Waals surface area contributed by atoms with E-state index in [-0.39, 0.29) is 18.8 Å². The van der Waals surface area contributed by atoms with Crippen molar-refractivity contribution in [3.8, 4) is 17.2 Å². The van der Waals surface area contributed by atoms with Crippen molar-refractivity contribution in [2.24, 2.45) is 0 Å². The number of carbonyl (C=O) groups excluding carboxylic acids is 1. The summed E-state index contributed by atoms with van der Waals surface area (Å²) in [5.74, 6) is 2.21. The maximum absolute atomic E-state index is 12.4. The van der Waals surface area contributed by atoms with Crippen LogP contribution in [0.2, 0.25) is 0 Å². The lowest BCUT2D eigenvalue weighted by Gasteiger charge is -2.15. The first-order valence-electron chi connectivity index (χ1n) is 8.21. The Labute approximate surface area is 145 Å². The third kappa shape index (κ3) is 3.57. The Morgan fingerprint density at radius 2 is 2.04 bits per heavy atom. The monoisotopic (exact) mass is 338 g/mol. The summed E-state index contributed by atoms with van der Waals surface area (Å²) in [6.45, 7) is 1.53. The van der Waals surface area contributed by atoms with Crippen molar-refractivity contribution in [3.05, 3.63) is 54.4 Å². The van der Waals surface area contributed by atoms with Gasteiger partial charge >= 0.3 is 0 Å². The Morgan fingerprint density at radius 3 is 2.92 bits per heavy atom. The fraction of sp³-hybridized carbons (Fsp3) is 0.263. The van der Waals surface area contributed by atoms with E-state index in [1.165, 1.54) is 0 Å². The van der Waals surface area contributed by atoms with Crippen LogP contribution in [0.4, 0.5) is 0 Å². The third-order valence-electron chi connectivity index (χ3n) is 4.22. The molecule has 2 aliphatic heterocycles. The number of pyridine rings is 1. The lowest BCUT2D eigenvalue weighted by Crippen LogP contribution is -2.29. The standard InChI is InChI=1S/C19H18N2O4/c22-19(4-2-14-1-3-17-18(11-14)24-13-23-17)21-10-7-16(12-21)25-15-5-8-20-9-6-15/h1-6,8-9,11,16H,7,10,12-13H2. The smallest absolute Gasteiger partial charge is 0.246 e. The van der Waals surface area contributed by atoms with E-state index in [9.17, 15) is 4.79 Å². The minimum Gasteiger partial charge on any atom is -0.488 e. The highest BCUT2D eigenvalue weighted by atomic mass is 16.7. The summed E-state index contributed by atoms with van der Waals surface area (Å²) in [7, 11) is 0. The molecule has 1 fully saturated rings. The molecule has 0 aliphatic carbocycles. The molecule has 0 saturated carbocycles. The minimum atomic E-state index is -0.0153. The highest BCUT2D eigenvalue weighted by Gasteiger charge is 2.26. The second-order valence-electron chi connectivity index (χ2n) is 5.94. The van der Waals surface area contributed by atoms with Crippen molar-refractivity contribution in [2.75, 3.05) is 19.9 Å². The number of aromatic nitrogens is 1. The van der Waals surface area contributed by atoms with Crippen LogP contribution in [0.5, 0.6) is 17.2 Å². The maximum Gasteiger partial charge on any atom is 0.246 e. The molecule has 0 spiro atoms.